The lowest BCUT2D eigenvalue weighted by Gasteiger charge is -2.14. The van der Waals surface area contributed by atoms with Crippen molar-refractivity contribution >= 4 is 61.9 Å². The number of rotatable bonds is 5. The molecule has 0 radical (unpaired) electrons. The van der Waals surface area contributed by atoms with Crippen LogP contribution in [-0.2, 0) is 4.79 Å². The lowest BCUT2D eigenvalue weighted by Crippen LogP contribution is -2.27. The maximum atomic E-state index is 12.8. The molecule has 0 unspecified atom stereocenters. The third-order valence-corrected chi connectivity index (χ3v) is 5.55. The standard InChI is InChI=1S/C20H14BrNO3S2/c1-3-9-25-18-15(21)10-13(11-16(18)24-2)12-17-19(23)22(20(26)27-17)14-7-5-4-6-8-14/h1,4-8,10-12H,9H2,2H3/b17-12+. The van der Waals surface area contributed by atoms with Crippen LogP contribution >= 0.6 is 39.9 Å². The van der Waals surface area contributed by atoms with Crippen molar-refractivity contribution in [3.63, 3.8) is 0 Å². The Labute approximate surface area is 175 Å². The summed E-state index contributed by atoms with van der Waals surface area (Å²) < 4.78 is 12.1. The molecule has 1 fully saturated rings. The van der Waals surface area contributed by atoms with Crippen LogP contribution in [0.1, 0.15) is 5.56 Å². The van der Waals surface area contributed by atoms with Crippen molar-refractivity contribution in [2.24, 2.45) is 0 Å². The molecule has 0 aliphatic carbocycles. The molecule has 1 saturated heterocycles. The highest BCUT2D eigenvalue weighted by atomic mass is 79.9. The minimum atomic E-state index is -0.154. The van der Waals surface area contributed by atoms with E-state index in [1.54, 1.807) is 19.3 Å². The number of amides is 1. The van der Waals surface area contributed by atoms with Gasteiger partial charge in [0.25, 0.3) is 5.91 Å². The highest BCUT2D eigenvalue weighted by Crippen LogP contribution is 2.40. The normalized spacial score (nSPS) is 15.1. The van der Waals surface area contributed by atoms with E-state index >= 15 is 0 Å². The van der Waals surface area contributed by atoms with E-state index in [-0.39, 0.29) is 12.5 Å². The van der Waals surface area contributed by atoms with Gasteiger partial charge < -0.3 is 9.47 Å². The van der Waals surface area contributed by atoms with Gasteiger partial charge in [0.1, 0.15) is 6.61 Å². The van der Waals surface area contributed by atoms with Crippen molar-refractivity contribution in [1.29, 1.82) is 0 Å². The van der Waals surface area contributed by atoms with Crippen LogP contribution in [0, 0.1) is 12.3 Å². The number of terminal acetylenes is 1. The predicted molar refractivity (Wildman–Crippen MR) is 117 cm³/mol. The molecule has 136 valence electrons. The van der Waals surface area contributed by atoms with Crippen LogP contribution < -0.4 is 14.4 Å². The van der Waals surface area contributed by atoms with Crippen LogP contribution in [0.3, 0.4) is 0 Å². The number of thiocarbonyl (C=S) groups is 1. The van der Waals surface area contributed by atoms with E-state index < -0.39 is 0 Å². The first-order valence-corrected chi connectivity index (χ1v) is 9.83. The van der Waals surface area contributed by atoms with Gasteiger partial charge in [-0.3, -0.25) is 9.69 Å². The number of ether oxygens (including phenoxy) is 2. The van der Waals surface area contributed by atoms with E-state index in [1.807, 2.05) is 36.4 Å². The minimum absolute atomic E-state index is 0.129. The van der Waals surface area contributed by atoms with Crippen molar-refractivity contribution in [2.45, 2.75) is 0 Å². The zero-order valence-electron chi connectivity index (χ0n) is 14.3. The molecule has 7 heteroatoms. The SMILES string of the molecule is C#CCOc1c(Br)cc(/C=C2/SC(=S)N(c3ccccc3)C2=O)cc1OC. The second-order valence-electron chi connectivity index (χ2n) is 5.38. The van der Waals surface area contributed by atoms with Crippen molar-refractivity contribution in [3.05, 3.63) is 57.4 Å². The van der Waals surface area contributed by atoms with Crippen molar-refractivity contribution in [3.8, 4) is 23.8 Å². The largest absolute Gasteiger partial charge is 0.493 e. The molecule has 4 nitrogen and oxygen atoms in total. The molecule has 1 heterocycles. The first-order chi connectivity index (χ1) is 13.0. The third-order valence-electron chi connectivity index (χ3n) is 3.66. The first-order valence-electron chi connectivity index (χ1n) is 7.82. The second kappa shape index (κ2) is 8.61. The molecule has 27 heavy (non-hydrogen) atoms. The minimum Gasteiger partial charge on any atom is -0.493 e. The van der Waals surface area contributed by atoms with E-state index in [0.717, 1.165) is 11.3 Å². The molecule has 2 aromatic rings. The summed E-state index contributed by atoms with van der Waals surface area (Å²) in [6.45, 7) is 0.129. The van der Waals surface area contributed by atoms with Gasteiger partial charge in [0.05, 0.1) is 22.2 Å². The number of carbonyl (C=O) groups is 1. The summed E-state index contributed by atoms with van der Waals surface area (Å²) in [6.07, 6.45) is 7.03. The summed E-state index contributed by atoms with van der Waals surface area (Å²) in [5, 5.41) is 0. The maximum Gasteiger partial charge on any atom is 0.270 e. The number of methoxy groups -OCH3 is 1. The zero-order valence-corrected chi connectivity index (χ0v) is 17.5. The molecule has 0 spiro atoms. The van der Waals surface area contributed by atoms with E-state index in [2.05, 4.69) is 21.9 Å². The number of carbonyl (C=O) groups excluding carboxylic acids is 1. The van der Waals surface area contributed by atoms with E-state index in [9.17, 15) is 4.79 Å². The third kappa shape index (κ3) is 4.19. The Kier molecular flexibility index (Phi) is 6.22. The predicted octanol–water partition coefficient (Wildman–Crippen LogP) is 4.88. The molecule has 2 aromatic carbocycles. The zero-order chi connectivity index (χ0) is 19.4. The highest BCUT2D eigenvalue weighted by molar-refractivity contribution is 9.10. The van der Waals surface area contributed by atoms with E-state index in [0.29, 0.717) is 25.2 Å². The molecule has 1 aliphatic rings. The van der Waals surface area contributed by atoms with Gasteiger partial charge in [0.2, 0.25) is 0 Å². The molecular weight excluding hydrogens is 446 g/mol. The summed E-state index contributed by atoms with van der Waals surface area (Å²) >= 11 is 10.1. The monoisotopic (exact) mass is 459 g/mol. The van der Waals surface area contributed by atoms with Crippen LogP contribution in [-0.4, -0.2) is 23.9 Å². The van der Waals surface area contributed by atoms with Crippen LogP contribution in [0.25, 0.3) is 6.08 Å². The molecule has 0 bridgehead atoms. The average molecular weight is 460 g/mol. The average Bonchev–Trinajstić information content (AvgIpc) is 2.94. The van der Waals surface area contributed by atoms with Gasteiger partial charge in [-0.05, 0) is 51.8 Å². The van der Waals surface area contributed by atoms with E-state index in [1.165, 1.54) is 16.7 Å². The molecule has 3 rings (SSSR count). The molecule has 0 atom stereocenters. The lowest BCUT2D eigenvalue weighted by atomic mass is 10.1. The van der Waals surface area contributed by atoms with Crippen LogP contribution in [0.5, 0.6) is 11.5 Å². The molecule has 0 aromatic heterocycles. The molecule has 1 aliphatic heterocycles. The first kappa shape index (κ1) is 19.5. The van der Waals surface area contributed by atoms with Crippen molar-refractivity contribution in [2.75, 3.05) is 18.6 Å². The Morgan fingerprint density at radius 3 is 2.74 bits per heavy atom. The quantitative estimate of drug-likeness (QED) is 0.362. The Morgan fingerprint density at radius 1 is 1.33 bits per heavy atom. The summed E-state index contributed by atoms with van der Waals surface area (Å²) in [7, 11) is 1.54. The van der Waals surface area contributed by atoms with Crippen LogP contribution in [0.2, 0.25) is 0 Å². The molecule has 0 N–H and O–H groups in total. The Morgan fingerprint density at radius 2 is 2.07 bits per heavy atom. The fraction of sp³-hybridized carbons (Fsp3) is 0.100. The maximum absolute atomic E-state index is 12.8. The van der Waals surface area contributed by atoms with Crippen LogP contribution in [0.15, 0.2) is 51.8 Å². The Bertz CT molecular complexity index is 967. The van der Waals surface area contributed by atoms with Gasteiger partial charge in [-0.2, -0.15) is 0 Å². The highest BCUT2D eigenvalue weighted by Gasteiger charge is 2.33. The Hall–Kier alpha value is -2.27. The van der Waals surface area contributed by atoms with Gasteiger partial charge in [0, 0.05) is 0 Å². The number of hydrogen-bond donors (Lipinski definition) is 0. The van der Waals surface area contributed by atoms with E-state index in [4.69, 9.17) is 28.1 Å². The summed E-state index contributed by atoms with van der Waals surface area (Å²) in [5.74, 6) is 3.30. The van der Waals surface area contributed by atoms with Gasteiger partial charge in [-0.25, -0.2) is 0 Å². The second-order valence-corrected chi connectivity index (χ2v) is 7.91. The number of hydrogen-bond acceptors (Lipinski definition) is 5. The summed E-state index contributed by atoms with van der Waals surface area (Å²) in [6, 6.07) is 13.0. The fourth-order valence-electron chi connectivity index (χ4n) is 2.50. The molecule has 0 saturated carbocycles. The lowest BCUT2D eigenvalue weighted by molar-refractivity contribution is -0.113. The smallest absolute Gasteiger partial charge is 0.270 e. The topological polar surface area (TPSA) is 38.8 Å². The fourth-order valence-corrected chi connectivity index (χ4v) is 4.37. The number of anilines is 1. The number of halogens is 1. The number of benzene rings is 2. The van der Waals surface area contributed by atoms with Crippen molar-refractivity contribution in [1.82, 2.24) is 0 Å². The van der Waals surface area contributed by atoms with Gasteiger partial charge >= 0.3 is 0 Å². The Balaban J connectivity index is 1.93. The number of nitrogens with zero attached hydrogens (tertiary/aromatic N) is 1. The van der Waals surface area contributed by atoms with Gasteiger partial charge in [-0.1, -0.05) is 48.1 Å². The molecular formula is C20H14BrNO3S2. The van der Waals surface area contributed by atoms with Gasteiger partial charge in [-0.15, -0.1) is 6.42 Å². The van der Waals surface area contributed by atoms with Crippen LogP contribution in [0.4, 0.5) is 5.69 Å². The van der Waals surface area contributed by atoms with Crippen molar-refractivity contribution < 1.29 is 14.3 Å². The van der Waals surface area contributed by atoms with Gasteiger partial charge in [0.15, 0.2) is 15.8 Å². The summed E-state index contributed by atoms with van der Waals surface area (Å²) in [4.78, 5) is 14.9. The molecule has 1 amide bonds. The number of thioether (sulfide) groups is 1. The summed E-state index contributed by atoms with van der Waals surface area (Å²) in [5.41, 5.74) is 1.53. The number of para-hydroxylation sites is 1.